The first-order chi connectivity index (χ1) is 36.2. The Labute approximate surface area is 454 Å². The first-order valence-electron chi connectivity index (χ1n) is 25.8. The number of nitrogens with two attached hydrogens (primary N) is 1. The summed E-state index contributed by atoms with van der Waals surface area (Å²) in [7, 11) is 1.47. The molecule has 0 aromatic heterocycles. The zero-order valence-corrected chi connectivity index (χ0v) is 46.7. The van der Waals surface area contributed by atoms with Crippen molar-refractivity contribution in [1.82, 2.24) is 10.3 Å². The highest BCUT2D eigenvalue weighted by atomic mass is 32.1. The first-order valence-corrected chi connectivity index (χ1v) is 26.2. The van der Waals surface area contributed by atoms with Crippen LogP contribution in [0.1, 0.15) is 104 Å². The predicted molar refractivity (Wildman–Crippen MR) is 296 cm³/mol. The summed E-state index contributed by atoms with van der Waals surface area (Å²) in [5.74, 6) is -6.54. The summed E-state index contributed by atoms with van der Waals surface area (Å²) in [6, 6.07) is 7.19. The maximum atomic E-state index is 14.7. The number of aliphatic hydroxyl groups excluding tert-OH is 2. The van der Waals surface area contributed by atoms with Gasteiger partial charge in [0.15, 0.2) is 16.5 Å². The third-order valence-corrected chi connectivity index (χ3v) is 14.6. The lowest BCUT2D eigenvalue weighted by molar-refractivity contribution is -0.160. The maximum absolute atomic E-state index is 14.7. The van der Waals surface area contributed by atoms with Crippen LogP contribution in [0.3, 0.4) is 0 Å². The number of allylic oxidation sites excluding steroid dienone is 2. The van der Waals surface area contributed by atoms with Crippen LogP contribution in [0, 0.1) is 36.5 Å². The number of esters is 1. The van der Waals surface area contributed by atoms with Gasteiger partial charge < -0.3 is 60.6 Å². The molecule has 21 heteroatoms. The number of phenolic OH excluding ortho intramolecular Hbond substituents is 2. The van der Waals surface area contributed by atoms with E-state index in [1.807, 2.05) is 12.1 Å². The molecule has 77 heavy (non-hydrogen) atoms. The number of ether oxygens (including phenoxy) is 4. The van der Waals surface area contributed by atoms with Crippen molar-refractivity contribution in [3.8, 4) is 17.2 Å². The quantitative estimate of drug-likeness (QED) is 0.0472. The van der Waals surface area contributed by atoms with E-state index in [-0.39, 0.29) is 66.4 Å². The van der Waals surface area contributed by atoms with Crippen LogP contribution in [0.2, 0.25) is 0 Å². The van der Waals surface area contributed by atoms with Crippen molar-refractivity contribution in [3.05, 3.63) is 87.8 Å². The number of ketones is 1. The number of hydrogen-bond donors (Lipinski definition) is 8. The van der Waals surface area contributed by atoms with Gasteiger partial charge in [0.05, 0.1) is 47.1 Å². The van der Waals surface area contributed by atoms with Crippen LogP contribution in [-0.4, -0.2) is 123 Å². The Morgan fingerprint density at radius 2 is 1.62 bits per heavy atom. The van der Waals surface area contributed by atoms with Gasteiger partial charge >= 0.3 is 11.8 Å². The molecule has 4 aliphatic rings. The first kappa shape index (κ1) is 59.5. The Morgan fingerprint density at radius 1 is 0.974 bits per heavy atom. The average Bonchev–Trinajstić information content (AvgIpc) is 4.06. The highest BCUT2D eigenvalue weighted by Gasteiger charge is 2.50. The van der Waals surface area contributed by atoms with Gasteiger partial charge in [-0.2, -0.15) is 5.10 Å². The zero-order valence-electron chi connectivity index (χ0n) is 45.8. The summed E-state index contributed by atoms with van der Waals surface area (Å²) >= 11 is 4.58. The van der Waals surface area contributed by atoms with Crippen molar-refractivity contribution in [1.29, 1.82) is 0 Å². The number of nitrogens with zero attached hydrogens (tertiary/aromatic N) is 4. The number of thiocarbonyl (C=S) groups is 1. The second kappa shape index (κ2) is 24.7. The molecular formula is C56H74N8O12S. The molecule has 2 amide bonds. The van der Waals surface area contributed by atoms with Crippen molar-refractivity contribution in [2.24, 2.45) is 50.4 Å². The Kier molecular flexibility index (Phi) is 19.1. The van der Waals surface area contributed by atoms with E-state index in [9.17, 15) is 39.6 Å². The molecule has 1 saturated heterocycles. The van der Waals surface area contributed by atoms with Gasteiger partial charge in [0, 0.05) is 106 Å². The number of anilines is 2. The standard InChI is InChI=1S/C46H62N4O11.C10H12N4OS/c1-22(2)21-50-18-16-46(17-19-50)48-34-31-32-39(54)28(8)42-33(31)43(56)45(10,61-42)59-20-15-30(58-11)25(5)41(60-29(9)51)27(7)38(53)26(6)37(52)23(3)13-12-14-24(4)44(57)47-36(40(32)55)35(34)49-46;1-7(15)13-9-4-2-8(3-5-9)6-12-14-10(11)16/h12-15,20,22-23,25-27,30,37-38,41,52-55H,16-19,21H2,1-11H3,(H,47,57);2-6H,1H3,(H,13,15)(H3,11,14,16)/b13-12+,20-15+,24-14-;12-6+/t23-,25+,26+,27+,30-,37-,38+,41+,45-;/m0./s1. The van der Waals surface area contributed by atoms with Crippen LogP contribution in [0.5, 0.6) is 17.2 Å². The topological polar surface area (TPSA) is 289 Å². The van der Waals surface area contributed by atoms with E-state index >= 15 is 0 Å². The fourth-order valence-corrected chi connectivity index (χ4v) is 10.3. The minimum Gasteiger partial charge on any atom is -0.507 e. The molecule has 4 bridgehead atoms. The van der Waals surface area contributed by atoms with Gasteiger partial charge in [-0.1, -0.05) is 71.9 Å². The van der Waals surface area contributed by atoms with Crippen LogP contribution in [0.4, 0.5) is 11.4 Å². The van der Waals surface area contributed by atoms with Crippen molar-refractivity contribution < 1.29 is 58.6 Å². The molecule has 0 radical (unpaired) electrons. The molecule has 9 atom stereocenters. The smallest absolute Gasteiger partial charge is 0.312 e. The molecule has 0 saturated carbocycles. The summed E-state index contributed by atoms with van der Waals surface area (Å²) in [6.45, 7) is 21.0. The lowest BCUT2D eigenvalue weighted by atomic mass is 9.78. The number of benzene rings is 3. The van der Waals surface area contributed by atoms with E-state index in [2.05, 4.69) is 52.1 Å². The van der Waals surface area contributed by atoms with Gasteiger partial charge in [-0.25, -0.2) is 0 Å². The van der Waals surface area contributed by atoms with Crippen LogP contribution in [0.25, 0.3) is 10.8 Å². The Hall–Kier alpha value is -6.78. The van der Waals surface area contributed by atoms with Gasteiger partial charge in [0.1, 0.15) is 28.6 Å². The number of rotatable bonds is 7. The number of fused-ring (bicyclic) bond motifs is 1. The van der Waals surface area contributed by atoms with Crippen molar-refractivity contribution in [2.45, 2.75) is 125 Å². The van der Waals surface area contributed by atoms with Crippen molar-refractivity contribution in [2.75, 3.05) is 37.4 Å². The van der Waals surface area contributed by atoms with Gasteiger partial charge in [0.2, 0.25) is 5.91 Å². The minimum atomic E-state index is -1.96. The van der Waals surface area contributed by atoms with Crippen LogP contribution >= 0.6 is 12.2 Å². The number of nitrogens with one attached hydrogen (secondary N) is 3. The number of amides is 2. The van der Waals surface area contributed by atoms with Crippen molar-refractivity contribution in [3.63, 3.8) is 0 Å². The predicted octanol–water partition coefficient (Wildman–Crippen LogP) is 5.56. The monoisotopic (exact) mass is 1080 g/mol. The molecule has 0 unspecified atom stereocenters. The molecule has 1 spiro atoms. The molecule has 3 aromatic rings. The number of phenols is 2. The average molecular weight is 1080 g/mol. The van der Waals surface area contributed by atoms with Crippen LogP contribution in [-0.2, 0) is 28.6 Å². The van der Waals surface area contributed by atoms with Gasteiger partial charge in [-0.05, 0) is 55.8 Å². The van der Waals surface area contributed by atoms with Gasteiger partial charge in [0.25, 0.3) is 11.7 Å². The van der Waals surface area contributed by atoms with E-state index in [0.29, 0.717) is 31.8 Å². The summed E-state index contributed by atoms with van der Waals surface area (Å²) in [6.07, 6.45) is 6.62. The third-order valence-electron chi connectivity index (χ3n) is 14.5. The number of aliphatic hydroxyl groups is 2. The Morgan fingerprint density at radius 3 is 2.22 bits per heavy atom. The van der Waals surface area contributed by atoms with Crippen LogP contribution < -0.4 is 37.2 Å². The minimum absolute atomic E-state index is 0.0364. The summed E-state index contributed by atoms with van der Waals surface area (Å²) in [5, 5.41) is 56.8. The largest absolute Gasteiger partial charge is 0.507 e. The second-order valence-corrected chi connectivity index (χ2v) is 21.4. The number of likely N-dealkylation sites (tertiary alicyclic amines) is 1. The molecule has 7 rings (SSSR count). The van der Waals surface area contributed by atoms with Gasteiger partial charge in [-0.3, -0.25) is 34.6 Å². The van der Waals surface area contributed by atoms with E-state index in [1.54, 1.807) is 84.2 Å². The molecule has 20 nitrogen and oxygen atoms in total. The molecule has 0 aliphatic carbocycles. The third kappa shape index (κ3) is 13.3. The lowest BCUT2D eigenvalue weighted by Crippen LogP contribution is -2.46. The number of methoxy groups -OCH3 is 1. The number of aromatic hydroxyl groups is 2. The number of piperidine rings is 1. The normalized spacial score (nSPS) is 28.0. The van der Waals surface area contributed by atoms with E-state index in [4.69, 9.17) is 34.7 Å². The Balaban J connectivity index is 0.000000514. The molecule has 416 valence electrons. The number of carbonyl (C=O) groups is 4. The maximum Gasteiger partial charge on any atom is 0.312 e. The highest BCUT2D eigenvalue weighted by Crippen LogP contribution is 2.50. The lowest BCUT2D eigenvalue weighted by Gasteiger charge is -2.38. The van der Waals surface area contributed by atoms with Crippen LogP contribution in [0.15, 0.2) is 75.5 Å². The number of Topliss-reactive ketones (excluding diaryl/α,β-unsaturated/α-hetero) is 1. The van der Waals surface area contributed by atoms with E-state index in [1.165, 1.54) is 34.1 Å². The van der Waals surface area contributed by atoms with Crippen molar-refractivity contribution >= 4 is 69.3 Å². The molecular weight excluding hydrogens is 1010 g/mol. The fourth-order valence-electron chi connectivity index (χ4n) is 10.2. The second-order valence-electron chi connectivity index (χ2n) is 21.0. The summed E-state index contributed by atoms with van der Waals surface area (Å²) < 4.78 is 24.0. The SMILES string of the molecule is CC(=O)Nc1ccc(/C=N/NC(N)=S)cc1.CO[C@H]1/C=C/O[C@@]2(C)Oc3c(C)c(O)c4c(O)c(c5c(c4c3C2=O)=NC2(CCN(CC(C)C)CC2)N=5)NC(=O)/C(C)=C\C=C\[C@H](C)[C@H](O)[C@@H](C)[C@@H](O)[C@@H](C)[C@H](OC(C)=O)[C@@H]1C. The fraction of sp³-hybridized carbons (Fsp3) is 0.500. The van der Waals surface area contributed by atoms with E-state index < -0.39 is 82.9 Å². The summed E-state index contributed by atoms with van der Waals surface area (Å²) in [4.78, 5) is 64.4. The zero-order chi connectivity index (χ0) is 56.8. The highest BCUT2D eigenvalue weighted by molar-refractivity contribution is 7.80. The number of carbonyl (C=O) groups excluding carboxylic acids is 4. The summed E-state index contributed by atoms with van der Waals surface area (Å²) in [5.41, 5.74) is 8.69. The van der Waals surface area contributed by atoms with Gasteiger partial charge in [-0.15, -0.1) is 0 Å². The Bertz CT molecular complexity index is 3010. The molecule has 3 aromatic carbocycles. The molecule has 4 heterocycles. The van der Waals surface area contributed by atoms with E-state index in [0.717, 1.165) is 17.8 Å². The molecule has 9 N–H and O–H groups in total. The number of hydrazone groups is 1. The number of hydrogen-bond acceptors (Lipinski definition) is 17. The molecule has 1 fully saturated rings. The molecule has 4 aliphatic heterocycles.